The second-order valence-electron chi connectivity index (χ2n) is 7.22. The van der Waals surface area contributed by atoms with Crippen molar-refractivity contribution in [2.75, 3.05) is 16.8 Å². The smallest absolute Gasteiger partial charge is 0.359 e. The number of halogens is 3. The Kier molecular flexibility index (Phi) is 4.41. The van der Waals surface area contributed by atoms with Crippen molar-refractivity contribution in [1.82, 2.24) is 10.1 Å². The molecule has 0 unspecified atom stereocenters. The molecule has 140 valence electrons. The van der Waals surface area contributed by atoms with Crippen LogP contribution in [0.15, 0.2) is 28.9 Å². The van der Waals surface area contributed by atoms with Gasteiger partial charge in [-0.1, -0.05) is 25.9 Å². The number of nitrogens with one attached hydrogen (secondary N) is 1. The van der Waals surface area contributed by atoms with Crippen molar-refractivity contribution in [3.63, 3.8) is 0 Å². The van der Waals surface area contributed by atoms with Gasteiger partial charge in [0.1, 0.15) is 17.6 Å². The van der Waals surface area contributed by atoms with Crippen LogP contribution in [-0.2, 0) is 16.4 Å². The summed E-state index contributed by atoms with van der Waals surface area (Å²) in [6, 6.07) is 3.39. The van der Waals surface area contributed by atoms with Crippen LogP contribution in [0.25, 0.3) is 0 Å². The Morgan fingerprint density at radius 2 is 2.04 bits per heavy atom. The summed E-state index contributed by atoms with van der Waals surface area (Å²) >= 11 is 0. The highest BCUT2D eigenvalue weighted by Gasteiger charge is 2.37. The number of rotatable bonds is 3. The van der Waals surface area contributed by atoms with Gasteiger partial charge < -0.3 is 14.7 Å². The highest BCUT2D eigenvalue weighted by Crippen LogP contribution is 2.31. The number of hydrogen-bond acceptors (Lipinski definition) is 5. The van der Waals surface area contributed by atoms with Crippen molar-refractivity contribution in [2.24, 2.45) is 0 Å². The summed E-state index contributed by atoms with van der Waals surface area (Å²) in [6.07, 6.45) is -3.08. The zero-order valence-electron chi connectivity index (χ0n) is 14.6. The summed E-state index contributed by atoms with van der Waals surface area (Å²) in [5, 5.41) is 6.51. The van der Waals surface area contributed by atoms with E-state index in [-0.39, 0.29) is 11.3 Å². The molecule has 2 aromatic rings. The van der Waals surface area contributed by atoms with Crippen LogP contribution in [0.1, 0.15) is 38.5 Å². The molecule has 1 atom stereocenters. The number of pyridine rings is 1. The summed E-state index contributed by atoms with van der Waals surface area (Å²) in [7, 11) is 0. The van der Waals surface area contributed by atoms with Crippen LogP contribution in [0, 0.1) is 0 Å². The number of nitrogens with zero attached hydrogens (tertiary/aromatic N) is 3. The largest absolute Gasteiger partial charge is 0.417 e. The van der Waals surface area contributed by atoms with Gasteiger partial charge in [-0.25, -0.2) is 4.98 Å². The normalized spacial score (nSPS) is 17.8. The zero-order chi connectivity index (χ0) is 19.1. The highest BCUT2D eigenvalue weighted by molar-refractivity contribution is 5.97. The number of alkyl halides is 3. The predicted molar refractivity (Wildman–Crippen MR) is 88.8 cm³/mol. The number of aromatic nitrogens is 2. The van der Waals surface area contributed by atoms with E-state index >= 15 is 0 Å². The fourth-order valence-electron chi connectivity index (χ4n) is 2.55. The lowest BCUT2D eigenvalue weighted by Crippen LogP contribution is -2.55. The molecule has 0 bridgehead atoms. The molecule has 26 heavy (non-hydrogen) atoms. The van der Waals surface area contributed by atoms with E-state index in [4.69, 9.17) is 4.52 Å². The minimum atomic E-state index is -4.44. The van der Waals surface area contributed by atoms with Crippen LogP contribution in [0.3, 0.4) is 0 Å². The molecule has 0 aromatic carbocycles. The molecule has 6 nitrogen and oxygen atoms in total. The molecular weight excluding hydrogens is 349 g/mol. The zero-order valence-corrected chi connectivity index (χ0v) is 14.6. The minimum absolute atomic E-state index is 0.234. The van der Waals surface area contributed by atoms with E-state index < -0.39 is 17.8 Å². The Bertz CT molecular complexity index is 794. The average Bonchev–Trinajstić information content (AvgIpc) is 2.94. The lowest BCUT2D eigenvalue weighted by molar-refractivity contribution is -0.137. The number of anilines is 2. The second-order valence-corrected chi connectivity index (χ2v) is 7.22. The van der Waals surface area contributed by atoms with Crippen molar-refractivity contribution in [3.8, 4) is 0 Å². The quantitative estimate of drug-likeness (QED) is 0.896. The summed E-state index contributed by atoms with van der Waals surface area (Å²) in [4.78, 5) is 17.9. The number of hydrogen-bond donors (Lipinski definition) is 1. The van der Waals surface area contributed by atoms with E-state index in [1.165, 1.54) is 6.07 Å². The average molecular weight is 368 g/mol. The maximum atomic E-state index is 12.6. The Morgan fingerprint density at radius 1 is 1.31 bits per heavy atom. The SMILES string of the molecule is CC(C)(C)c1cc(NC(=O)[C@@H]2CCN2c2ccc(C(F)(F)F)cn2)no1. The molecule has 1 fully saturated rings. The lowest BCUT2D eigenvalue weighted by atomic mass is 9.93. The molecule has 1 amide bonds. The summed E-state index contributed by atoms with van der Waals surface area (Å²) < 4.78 is 43.1. The molecule has 1 aliphatic rings. The van der Waals surface area contributed by atoms with Gasteiger partial charge in [-0.15, -0.1) is 0 Å². The molecule has 9 heteroatoms. The maximum Gasteiger partial charge on any atom is 0.417 e. The highest BCUT2D eigenvalue weighted by atomic mass is 19.4. The minimum Gasteiger partial charge on any atom is -0.359 e. The molecule has 0 radical (unpaired) electrons. The van der Waals surface area contributed by atoms with Gasteiger partial charge in [0, 0.05) is 24.2 Å². The first kappa shape index (κ1) is 18.2. The molecule has 1 saturated heterocycles. The maximum absolute atomic E-state index is 12.6. The Hall–Kier alpha value is -2.58. The molecule has 1 aliphatic heterocycles. The van der Waals surface area contributed by atoms with Crippen LogP contribution < -0.4 is 10.2 Å². The first-order valence-electron chi connectivity index (χ1n) is 8.13. The monoisotopic (exact) mass is 368 g/mol. The Labute approximate surface area is 148 Å². The van der Waals surface area contributed by atoms with Crippen LogP contribution in [0.5, 0.6) is 0 Å². The van der Waals surface area contributed by atoms with E-state index in [1.54, 1.807) is 11.0 Å². The molecule has 1 N–H and O–H groups in total. The van der Waals surface area contributed by atoms with E-state index in [0.717, 1.165) is 12.3 Å². The third-order valence-electron chi connectivity index (χ3n) is 4.19. The molecule has 0 saturated carbocycles. The number of carbonyl (C=O) groups is 1. The summed E-state index contributed by atoms with van der Waals surface area (Å²) in [5.41, 5.74) is -1.05. The van der Waals surface area contributed by atoms with Gasteiger partial charge in [-0.2, -0.15) is 13.2 Å². The fourth-order valence-corrected chi connectivity index (χ4v) is 2.55. The van der Waals surface area contributed by atoms with Crippen molar-refractivity contribution < 1.29 is 22.5 Å². The van der Waals surface area contributed by atoms with Crippen LogP contribution in [-0.4, -0.2) is 28.6 Å². The van der Waals surface area contributed by atoms with Gasteiger partial charge in [0.15, 0.2) is 5.82 Å². The third-order valence-corrected chi connectivity index (χ3v) is 4.19. The van der Waals surface area contributed by atoms with Gasteiger partial charge in [0.25, 0.3) is 0 Å². The molecule has 0 spiro atoms. The van der Waals surface area contributed by atoms with Gasteiger partial charge >= 0.3 is 6.18 Å². The van der Waals surface area contributed by atoms with E-state index in [2.05, 4.69) is 15.5 Å². The van der Waals surface area contributed by atoms with Crippen molar-refractivity contribution in [3.05, 3.63) is 35.7 Å². The van der Waals surface area contributed by atoms with Gasteiger partial charge in [0.2, 0.25) is 5.91 Å². The third kappa shape index (κ3) is 3.66. The molecule has 3 rings (SSSR count). The Balaban J connectivity index is 1.66. The lowest BCUT2D eigenvalue weighted by Gasteiger charge is -2.40. The molecular formula is C17H19F3N4O2. The van der Waals surface area contributed by atoms with Crippen LogP contribution >= 0.6 is 0 Å². The van der Waals surface area contributed by atoms with E-state index in [0.29, 0.717) is 30.4 Å². The predicted octanol–water partition coefficient (Wildman–Crippen LogP) is 3.60. The molecule has 0 aliphatic carbocycles. The van der Waals surface area contributed by atoms with Crippen molar-refractivity contribution in [2.45, 2.75) is 44.8 Å². The van der Waals surface area contributed by atoms with Gasteiger partial charge in [-0.3, -0.25) is 4.79 Å². The number of amides is 1. The van der Waals surface area contributed by atoms with Crippen LogP contribution in [0.2, 0.25) is 0 Å². The van der Waals surface area contributed by atoms with E-state index in [1.807, 2.05) is 20.8 Å². The van der Waals surface area contributed by atoms with Crippen molar-refractivity contribution >= 4 is 17.5 Å². The Morgan fingerprint density at radius 3 is 2.50 bits per heavy atom. The first-order valence-corrected chi connectivity index (χ1v) is 8.13. The van der Waals surface area contributed by atoms with Crippen LogP contribution in [0.4, 0.5) is 24.8 Å². The number of carbonyl (C=O) groups excluding carboxylic acids is 1. The molecule has 3 heterocycles. The topological polar surface area (TPSA) is 71.3 Å². The molecule has 2 aromatic heterocycles. The summed E-state index contributed by atoms with van der Waals surface area (Å²) in [5.74, 6) is 0.987. The fraction of sp³-hybridized carbons (Fsp3) is 0.471. The van der Waals surface area contributed by atoms with Gasteiger partial charge in [-0.05, 0) is 18.6 Å². The van der Waals surface area contributed by atoms with Gasteiger partial charge in [0.05, 0.1) is 5.56 Å². The van der Waals surface area contributed by atoms with Crippen molar-refractivity contribution in [1.29, 1.82) is 0 Å². The summed E-state index contributed by atoms with van der Waals surface area (Å²) in [6.45, 7) is 6.43. The standard InChI is InChI=1S/C17H19F3N4O2/c1-16(2,3)12-8-13(23-26-12)22-15(25)11-6-7-24(11)14-5-4-10(9-21-14)17(18,19)20/h4-5,8-9,11H,6-7H2,1-3H3,(H,22,23,25)/t11-/m0/s1. The first-order chi connectivity index (χ1) is 12.1. The van der Waals surface area contributed by atoms with E-state index in [9.17, 15) is 18.0 Å². The second kappa shape index (κ2) is 6.30.